The van der Waals surface area contributed by atoms with E-state index in [1.54, 1.807) is 0 Å². The van der Waals surface area contributed by atoms with Crippen molar-refractivity contribution in [3.8, 4) is 0 Å². The summed E-state index contributed by atoms with van der Waals surface area (Å²) >= 11 is 0. The standard InChI is InChI=1S/C11H13NO/c1-9(2)8-11(13)12-10-6-4-3-5-7-10/h3-7H,1,8H2,2H3,(H,12,13). The van der Waals surface area contributed by atoms with E-state index in [9.17, 15) is 4.79 Å². The molecule has 68 valence electrons. The van der Waals surface area contributed by atoms with Crippen LogP contribution in [0.2, 0.25) is 0 Å². The maximum absolute atomic E-state index is 11.3. The Hall–Kier alpha value is -1.57. The minimum Gasteiger partial charge on any atom is -0.326 e. The Bertz CT molecular complexity index is 303. The fraction of sp³-hybridized carbons (Fsp3) is 0.182. The summed E-state index contributed by atoms with van der Waals surface area (Å²) in [5.74, 6) is -0.0151. The quantitative estimate of drug-likeness (QED) is 0.703. The largest absolute Gasteiger partial charge is 0.326 e. The predicted molar refractivity (Wildman–Crippen MR) is 54.5 cm³/mol. The van der Waals surface area contributed by atoms with E-state index in [1.165, 1.54) is 0 Å². The van der Waals surface area contributed by atoms with Crippen LogP contribution < -0.4 is 5.32 Å². The molecule has 0 spiro atoms. The average molecular weight is 175 g/mol. The Morgan fingerprint density at radius 2 is 2.00 bits per heavy atom. The molecule has 0 radical (unpaired) electrons. The molecule has 1 N–H and O–H groups in total. The van der Waals surface area contributed by atoms with E-state index in [0.717, 1.165) is 11.3 Å². The van der Waals surface area contributed by atoms with Crippen LogP contribution in [0.1, 0.15) is 13.3 Å². The van der Waals surface area contributed by atoms with Gasteiger partial charge in [-0.3, -0.25) is 4.79 Å². The molecule has 13 heavy (non-hydrogen) atoms. The Morgan fingerprint density at radius 3 is 2.54 bits per heavy atom. The molecule has 2 nitrogen and oxygen atoms in total. The molecule has 0 aliphatic rings. The van der Waals surface area contributed by atoms with Gasteiger partial charge < -0.3 is 5.32 Å². The molecule has 1 aromatic carbocycles. The number of hydrogen-bond donors (Lipinski definition) is 1. The van der Waals surface area contributed by atoms with Crippen molar-refractivity contribution in [2.45, 2.75) is 13.3 Å². The number of para-hydroxylation sites is 1. The summed E-state index contributed by atoms with van der Waals surface area (Å²) in [7, 11) is 0. The molecule has 0 heterocycles. The second-order valence-electron chi connectivity index (χ2n) is 3.05. The predicted octanol–water partition coefficient (Wildman–Crippen LogP) is 2.59. The lowest BCUT2D eigenvalue weighted by atomic mass is 10.2. The number of amides is 1. The molecule has 0 saturated heterocycles. The van der Waals surface area contributed by atoms with Gasteiger partial charge in [0.2, 0.25) is 5.91 Å². The van der Waals surface area contributed by atoms with E-state index >= 15 is 0 Å². The zero-order valence-corrected chi connectivity index (χ0v) is 7.71. The number of hydrogen-bond acceptors (Lipinski definition) is 1. The average Bonchev–Trinajstić information content (AvgIpc) is 2.04. The molecule has 0 aliphatic heterocycles. The first kappa shape index (κ1) is 9.52. The molecule has 2 heteroatoms. The van der Waals surface area contributed by atoms with Crippen LogP contribution in [0.25, 0.3) is 0 Å². The van der Waals surface area contributed by atoms with Crippen LogP contribution in [-0.4, -0.2) is 5.91 Å². The monoisotopic (exact) mass is 175 g/mol. The highest BCUT2D eigenvalue weighted by atomic mass is 16.1. The van der Waals surface area contributed by atoms with Gasteiger partial charge in [0.15, 0.2) is 0 Å². The third kappa shape index (κ3) is 3.56. The van der Waals surface area contributed by atoms with Gasteiger partial charge in [0.05, 0.1) is 0 Å². The van der Waals surface area contributed by atoms with Gasteiger partial charge >= 0.3 is 0 Å². The maximum Gasteiger partial charge on any atom is 0.228 e. The fourth-order valence-corrected chi connectivity index (χ4v) is 1.00. The molecule has 0 aliphatic carbocycles. The van der Waals surface area contributed by atoms with Gasteiger partial charge in [-0.25, -0.2) is 0 Å². The van der Waals surface area contributed by atoms with Crippen LogP contribution in [-0.2, 0) is 4.79 Å². The lowest BCUT2D eigenvalue weighted by Gasteiger charge is -2.03. The first-order valence-corrected chi connectivity index (χ1v) is 4.18. The first-order chi connectivity index (χ1) is 6.18. The van der Waals surface area contributed by atoms with Gasteiger partial charge in [-0.05, 0) is 19.1 Å². The Balaban J connectivity index is 2.50. The molecular weight excluding hydrogens is 162 g/mol. The molecule has 0 atom stereocenters. The minimum absolute atomic E-state index is 0.0151. The number of nitrogens with one attached hydrogen (secondary N) is 1. The van der Waals surface area contributed by atoms with E-state index in [-0.39, 0.29) is 5.91 Å². The van der Waals surface area contributed by atoms with Crippen LogP contribution in [0.15, 0.2) is 42.5 Å². The lowest BCUT2D eigenvalue weighted by Crippen LogP contribution is -2.10. The molecule has 1 aromatic rings. The summed E-state index contributed by atoms with van der Waals surface area (Å²) < 4.78 is 0. The van der Waals surface area contributed by atoms with Crippen LogP contribution in [0.5, 0.6) is 0 Å². The molecule has 0 fully saturated rings. The molecule has 1 amide bonds. The van der Waals surface area contributed by atoms with E-state index in [0.29, 0.717) is 6.42 Å². The molecule has 0 saturated carbocycles. The zero-order chi connectivity index (χ0) is 9.68. The first-order valence-electron chi connectivity index (χ1n) is 4.18. The van der Waals surface area contributed by atoms with Gasteiger partial charge in [0.1, 0.15) is 0 Å². The summed E-state index contributed by atoms with van der Waals surface area (Å²) in [5, 5.41) is 2.77. The number of rotatable bonds is 3. The minimum atomic E-state index is -0.0151. The summed E-state index contributed by atoms with van der Waals surface area (Å²) in [4.78, 5) is 11.3. The van der Waals surface area contributed by atoms with Gasteiger partial charge in [0.25, 0.3) is 0 Å². The highest BCUT2D eigenvalue weighted by molar-refractivity contribution is 5.92. The summed E-state index contributed by atoms with van der Waals surface area (Å²) in [6.45, 7) is 5.51. The topological polar surface area (TPSA) is 29.1 Å². The fourth-order valence-electron chi connectivity index (χ4n) is 1.00. The summed E-state index contributed by atoms with van der Waals surface area (Å²) in [6.07, 6.45) is 0.384. The van der Waals surface area contributed by atoms with Gasteiger partial charge in [-0.15, -0.1) is 0 Å². The third-order valence-corrected chi connectivity index (χ3v) is 1.52. The van der Waals surface area contributed by atoms with Crippen LogP contribution in [0.4, 0.5) is 5.69 Å². The van der Waals surface area contributed by atoms with Crippen LogP contribution in [0.3, 0.4) is 0 Å². The number of benzene rings is 1. The second-order valence-corrected chi connectivity index (χ2v) is 3.05. The van der Waals surface area contributed by atoms with Crippen molar-refractivity contribution in [1.29, 1.82) is 0 Å². The van der Waals surface area contributed by atoms with E-state index in [1.807, 2.05) is 37.3 Å². The molecule has 0 unspecified atom stereocenters. The molecule has 1 rings (SSSR count). The van der Waals surface area contributed by atoms with Crippen molar-refractivity contribution >= 4 is 11.6 Å². The smallest absolute Gasteiger partial charge is 0.228 e. The number of carbonyl (C=O) groups is 1. The van der Waals surface area contributed by atoms with Crippen molar-refractivity contribution in [1.82, 2.24) is 0 Å². The van der Waals surface area contributed by atoms with E-state index < -0.39 is 0 Å². The second kappa shape index (κ2) is 4.45. The zero-order valence-electron chi connectivity index (χ0n) is 7.71. The van der Waals surface area contributed by atoms with Crippen LogP contribution >= 0.6 is 0 Å². The Labute approximate surface area is 78.3 Å². The van der Waals surface area contributed by atoms with E-state index in [2.05, 4.69) is 11.9 Å². The van der Waals surface area contributed by atoms with Crippen LogP contribution in [0, 0.1) is 0 Å². The van der Waals surface area contributed by atoms with Crippen molar-refractivity contribution in [2.75, 3.05) is 5.32 Å². The third-order valence-electron chi connectivity index (χ3n) is 1.52. The summed E-state index contributed by atoms with van der Waals surface area (Å²) in [5.41, 5.74) is 1.70. The maximum atomic E-state index is 11.3. The number of anilines is 1. The van der Waals surface area contributed by atoms with Gasteiger partial charge in [-0.2, -0.15) is 0 Å². The molecule has 0 bridgehead atoms. The highest BCUT2D eigenvalue weighted by Crippen LogP contribution is 2.06. The van der Waals surface area contributed by atoms with Crippen molar-refractivity contribution in [3.05, 3.63) is 42.5 Å². The molecule has 0 aromatic heterocycles. The molecular formula is C11H13NO. The SMILES string of the molecule is C=C(C)CC(=O)Nc1ccccc1. The van der Waals surface area contributed by atoms with Crippen molar-refractivity contribution in [2.24, 2.45) is 0 Å². The van der Waals surface area contributed by atoms with Crippen molar-refractivity contribution < 1.29 is 4.79 Å². The number of carbonyl (C=O) groups excluding carboxylic acids is 1. The van der Waals surface area contributed by atoms with Crippen molar-refractivity contribution in [3.63, 3.8) is 0 Å². The van der Waals surface area contributed by atoms with Gasteiger partial charge in [-0.1, -0.05) is 30.4 Å². The Morgan fingerprint density at radius 1 is 1.38 bits per heavy atom. The van der Waals surface area contributed by atoms with E-state index in [4.69, 9.17) is 0 Å². The Kier molecular flexibility index (Phi) is 3.26. The van der Waals surface area contributed by atoms with Gasteiger partial charge in [0, 0.05) is 12.1 Å². The normalized spacial score (nSPS) is 9.31. The highest BCUT2D eigenvalue weighted by Gasteiger charge is 2.00. The summed E-state index contributed by atoms with van der Waals surface area (Å²) in [6, 6.07) is 9.40. The lowest BCUT2D eigenvalue weighted by molar-refractivity contribution is -0.115.